The Morgan fingerprint density at radius 2 is 1.96 bits per heavy atom. The largest absolute Gasteiger partial charge is 0.493 e. The van der Waals surface area contributed by atoms with Crippen molar-refractivity contribution in [2.45, 2.75) is 44.6 Å². The molecule has 2 aromatic rings. The molecule has 0 bridgehead atoms. The van der Waals surface area contributed by atoms with Crippen LogP contribution < -0.4 is 14.8 Å². The maximum Gasteiger partial charge on any atom is 0.160 e. The molecule has 0 spiro atoms. The molecule has 1 aromatic carbocycles. The van der Waals surface area contributed by atoms with Gasteiger partial charge in [0.25, 0.3) is 0 Å². The van der Waals surface area contributed by atoms with Crippen LogP contribution in [-0.2, 0) is 12.8 Å². The quantitative estimate of drug-likeness (QED) is 0.740. The number of unbranched alkanes of at least 4 members (excludes halogenated alkanes) is 1. The number of hydrogen-bond acceptors (Lipinski definition) is 6. The molecule has 1 unspecified atom stereocenters. The molecular weight excluding hydrogens is 322 g/mol. The van der Waals surface area contributed by atoms with Gasteiger partial charge in [0.2, 0.25) is 0 Å². The standard InChI is InChI=1S/C18H25N3O2S/c1-22-15-10-9-13(12-16(15)23-2)6-3-4-8-17-20-21-18(24-17)14-7-5-11-19-14/h9-10,12,14,19H,3-8,11H2,1-2H3. The van der Waals surface area contributed by atoms with Crippen molar-refractivity contribution < 1.29 is 9.47 Å². The average molecular weight is 347 g/mol. The molecule has 2 heterocycles. The van der Waals surface area contributed by atoms with Crippen molar-refractivity contribution in [3.05, 3.63) is 33.8 Å². The third kappa shape index (κ3) is 4.24. The Morgan fingerprint density at radius 1 is 1.12 bits per heavy atom. The SMILES string of the molecule is COc1ccc(CCCCc2nnc(C3CCCN3)s2)cc1OC. The van der Waals surface area contributed by atoms with Gasteiger partial charge in [0.1, 0.15) is 10.0 Å². The number of ether oxygens (including phenoxy) is 2. The fourth-order valence-corrected chi connectivity index (χ4v) is 4.04. The molecule has 0 radical (unpaired) electrons. The van der Waals surface area contributed by atoms with Crippen LogP contribution in [0.3, 0.4) is 0 Å². The van der Waals surface area contributed by atoms with E-state index >= 15 is 0 Å². The van der Waals surface area contributed by atoms with Crippen LogP contribution >= 0.6 is 11.3 Å². The average Bonchev–Trinajstić information content (AvgIpc) is 3.29. The minimum absolute atomic E-state index is 0.433. The van der Waals surface area contributed by atoms with Crippen molar-refractivity contribution in [2.24, 2.45) is 0 Å². The van der Waals surface area contributed by atoms with Crippen LogP contribution in [0.2, 0.25) is 0 Å². The van der Waals surface area contributed by atoms with Gasteiger partial charge in [0.05, 0.1) is 20.3 Å². The molecule has 0 aliphatic carbocycles. The van der Waals surface area contributed by atoms with Gasteiger partial charge in [-0.2, -0.15) is 0 Å². The Kier molecular flexibility index (Phi) is 6.04. The van der Waals surface area contributed by atoms with Crippen LogP contribution in [0, 0.1) is 0 Å². The van der Waals surface area contributed by atoms with E-state index < -0.39 is 0 Å². The minimum atomic E-state index is 0.433. The smallest absolute Gasteiger partial charge is 0.160 e. The number of nitrogens with one attached hydrogen (secondary N) is 1. The number of hydrogen-bond donors (Lipinski definition) is 1. The highest BCUT2D eigenvalue weighted by atomic mass is 32.1. The lowest BCUT2D eigenvalue weighted by molar-refractivity contribution is 0.354. The summed E-state index contributed by atoms with van der Waals surface area (Å²) in [6.07, 6.45) is 6.74. The summed E-state index contributed by atoms with van der Waals surface area (Å²) in [6, 6.07) is 6.58. The number of nitrogens with zero attached hydrogens (tertiary/aromatic N) is 2. The molecule has 1 aromatic heterocycles. The third-order valence-electron chi connectivity index (χ3n) is 4.39. The third-order valence-corrected chi connectivity index (χ3v) is 5.49. The van der Waals surface area contributed by atoms with Gasteiger partial charge in [-0.1, -0.05) is 17.4 Å². The highest BCUT2D eigenvalue weighted by Crippen LogP contribution is 2.29. The predicted octanol–water partition coefficient (Wildman–Crippen LogP) is 3.55. The van der Waals surface area contributed by atoms with Gasteiger partial charge >= 0.3 is 0 Å². The zero-order valence-corrected chi connectivity index (χ0v) is 15.2. The molecule has 1 fully saturated rings. The normalized spacial score (nSPS) is 17.2. The molecule has 1 aliphatic rings. The Labute approximate surface area is 147 Å². The molecule has 1 aliphatic heterocycles. The first kappa shape index (κ1) is 17.2. The van der Waals surface area contributed by atoms with E-state index in [0.717, 1.165) is 53.7 Å². The van der Waals surface area contributed by atoms with Crippen molar-refractivity contribution in [2.75, 3.05) is 20.8 Å². The first-order valence-corrected chi connectivity index (χ1v) is 9.38. The lowest BCUT2D eigenvalue weighted by atomic mass is 10.1. The van der Waals surface area contributed by atoms with Crippen LogP contribution in [0.4, 0.5) is 0 Å². The number of methoxy groups -OCH3 is 2. The van der Waals surface area contributed by atoms with Gasteiger partial charge in [0.15, 0.2) is 11.5 Å². The summed E-state index contributed by atoms with van der Waals surface area (Å²) in [5, 5.41) is 14.5. The van der Waals surface area contributed by atoms with Crippen molar-refractivity contribution in [3.63, 3.8) is 0 Å². The van der Waals surface area contributed by atoms with E-state index in [2.05, 4.69) is 27.6 Å². The fourth-order valence-electron chi connectivity index (χ4n) is 3.05. The van der Waals surface area contributed by atoms with Crippen molar-refractivity contribution in [1.82, 2.24) is 15.5 Å². The lowest BCUT2D eigenvalue weighted by Crippen LogP contribution is -2.12. The molecule has 1 N–H and O–H groups in total. The number of benzene rings is 1. The highest BCUT2D eigenvalue weighted by Gasteiger charge is 2.20. The Balaban J connectivity index is 1.45. The molecule has 0 amide bonds. The van der Waals surface area contributed by atoms with E-state index in [1.165, 1.54) is 18.4 Å². The summed E-state index contributed by atoms with van der Waals surface area (Å²) in [5.74, 6) is 1.58. The molecule has 3 rings (SSSR count). The second kappa shape index (κ2) is 8.44. The minimum Gasteiger partial charge on any atom is -0.493 e. The monoisotopic (exact) mass is 347 g/mol. The first-order chi connectivity index (χ1) is 11.8. The molecule has 0 saturated carbocycles. The summed E-state index contributed by atoms with van der Waals surface area (Å²) in [4.78, 5) is 0. The van der Waals surface area contributed by atoms with Crippen molar-refractivity contribution in [1.29, 1.82) is 0 Å². The van der Waals surface area contributed by atoms with Crippen LogP contribution in [0.1, 0.15) is 47.3 Å². The zero-order valence-electron chi connectivity index (χ0n) is 14.4. The van der Waals surface area contributed by atoms with Crippen LogP contribution in [-0.4, -0.2) is 31.0 Å². The Bertz CT molecular complexity index is 653. The molecule has 130 valence electrons. The van der Waals surface area contributed by atoms with E-state index in [-0.39, 0.29) is 0 Å². The first-order valence-electron chi connectivity index (χ1n) is 8.56. The van der Waals surface area contributed by atoms with Crippen LogP contribution in [0.15, 0.2) is 18.2 Å². The second-order valence-corrected chi connectivity index (χ2v) is 7.17. The summed E-state index contributed by atoms with van der Waals surface area (Å²) < 4.78 is 10.6. The van der Waals surface area contributed by atoms with E-state index in [1.54, 1.807) is 25.6 Å². The molecule has 1 atom stereocenters. The van der Waals surface area contributed by atoms with Gasteiger partial charge < -0.3 is 14.8 Å². The topological polar surface area (TPSA) is 56.3 Å². The predicted molar refractivity (Wildman–Crippen MR) is 96.1 cm³/mol. The maximum absolute atomic E-state index is 5.36. The number of aryl methyl sites for hydroxylation is 2. The van der Waals surface area contributed by atoms with Gasteiger partial charge in [-0.05, 0) is 56.3 Å². The zero-order chi connectivity index (χ0) is 16.8. The van der Waals surface area contributed by atoms with Crippen LogP contribution in [0.25, 0.3) is 0 Å². The second-order valence-electron chi connectivity index (χ2n) is 6.08. The summed E-state index contributed by atoms with van der Waals surface area (Å²) >= 11 is 1.77. The summed E-state index contributed by atoms with van der Waals surface area (Å²) in [7, 11) is 3.34. The molecule has 5 nitrogen and oxygen atoms in total. The molecule has 6 heteroatoms. The van der Waals surface area contributed by atoms with Gasteiger partial charge in [-0.15, -0.1) is 10.2 Å². The van der Waals surface area contributed by atoms with Gasteiger partial charge in [-0.3, -0.25) is 0 Å². The Hall–Kier alpha value is -1.66. The van der Waals surface area contributed by atoms with E-state index in [4.69, 9.17) is 9.47 Å². The van der Waals surface area contributed by atoms with Crippen LogP contribution in [0.5, 0.6) is 11.5 Å². The Morgan fingerprint density at radius 3 is 2.71 bits per heavy atom. The van der Waals surface area contributed by atoms with Crippen molar-refractivity contribution in [3.8, 4) is 11.5 Å². The summed E-state index contributed by atoms with van der Waals surface area (Å²) in [6.45, 7) is 1.10. The molecule has 1 saturated heterocycles. The fraction of sp³-hybridized carbons (Fsp3) is 0.556. The maximum atomic E-state index is 5.36. The number of rotatable bonds is 8. The number of aromatic nitrogens is 2. The van der Waals surface area contributed by atoms with Crippen molar-refractivity contribution >= 4 is 11.3 Å². The van der Waals surface area contributed by atoms with Gasteiger partial charge in [-0.25, -0.2) is 0 Å². The summed E-state index contributed by atoms with van der Waals surface area (Å²) in [5.41, 5.74) is 1.28. The van der Waals surface area contributed by atoms with E-state index in [1.807, 2.05) is 6.07 Å². The molecule has 24 heavy (non-hydrogen) atoms. The lowest BCUT2D eigenvalue weighted by Gasteiger charge is -2.09. The van der Waals surface area contributed by atoms with E-state index in [9.17, 15) is 0 Å². The molecular formula is C18H25N3O2S. The highest BCUT2D eigenvalue weighted by molar-refractivity contribution is 7.11. The van der Waals surface area contributed by atoms with Gasteiger partial charge in [0, 0.05) is 6.42 Å². The van der Waals surface area contributed by atoms with E-state index in [0.29, 0.717) is 6.04 Å².